The Bertz CT molecular complexity index is 1310. The smallest absolute Gasteiger partial charge is 0.260 e. The summed E-state index contributed by atoms with van der Waals surface area (Å²) in [5.41, 5.74) is 2.48. The predicted octanol–water partition coefficient (Wildman–Crippen LogP) is 3.55. The molecule has 0 unspecified atom stereocenters. The fraction of sp³-hybridized carbons (Fsp3) is 0.346. The van der Waals surface area contributed by atoms with Gasteiger partial charge in [-0.3, -0.25) is 9.79 Å². The molecular formula is C26H27FN4O4S. The Hall–Kier alpha value is -3.50. The summed E-state index contributed by atoms with van der Waals surface area (Å²) in [7, 11) is 1.56. The summed E-state index contributed by atoms with van der Waals surface area (Å²) in [6, 6.07) is 12.1. The lowest BCUT2D eigenvalue weighted by Gasteiger charge is -2.26. The molecule has 2 aromatic carbocycles. The van der Waals surface area contributed by atoms with Crippen LogP contribution in [0, 0.1) is 5.82 Å². The van der Waals surface area contributed by atoms with Crippen LogP contribution in [0.1, 0.15) is 18.4 Å². The summed E-state index contributed by atoms with van der Waals surface area (Å²) in [5, 5.41) is 6.68. The van der Waals surface area contributed by atoms with Crippen molar-refractivity contribution in [3.8, 4) is 22.8 Å². The maximum Gasteiger partial charge on any atom is 0.260 e. The van der Waals surface area contributed by atoms with Crippen molar-refractivity contribution in [2.45, 2.75) is 18.9 Å². The van der Waals surface area contributed by atoms with Crippen LogP contribution in [0.2, 0.25) is 0 Å². The van der Waals surface area contributed by atoms with Crippen LogP contribution >= 0.6 is 11.3 Å². The minimum absolute atomic E-state index is 0.0678. The number of rotatable bonds is 8. The largest absolute Gasteiger partial charge is 0.493 e. The Morgan fingerprint density at radius 3 is 2.67 bits per heavy atom. The van der Waals surface area contributed by atoms with Gasteiger partial charge in [0.15, 0.2) is 18.1 Å². The molecule has 188 valence electrons. The van der Waals surface area contributed by atoms with Crippen LogP contribution in [-0.4, -0.2) is 67.8 Å². The number of methoxy groups -OCH3 is 1. The monoisotopic (exact) mass is 510 g/mol. The average molecular weight is 511 g/mol. The molecule has 36 heavy (non-hydrogen) atoms. The third-order valence-corrected chi connectivity index (χ3v) is 6.72. The first-order valence-electron chi connectivity index (χ1n) is 11.8. The van der Waals surface area contributed by atoms with Gasteiger partial charge in [0.05, 0.1) is 38.3 Å². The van der Waals surface area contributed by atoms with Gasteiger partial charge in [-0.05, 0) is 60.9 Å². The molecule has 1 saturated carbocycles. The zero-order valence-electron chi connectivity index (χ0n) is 19.9. The standard InChI is InChI=1S/C26H27FN4O4S/c1-33-24-14-18(2-9-23(24)35-16-25(32)30-10-12-34-13-11-30)15-28-31-22(19-3-5-20(27)6-4-19)17-36-26(31)29-21-7-8-21/h2-6,9,14-15,17,21H,7-8,10-13,16H2,1H3. The molecule has 8 nitrogen and oxygen atoms in total. The van der Waals surface area contributed by atoms with Crippen molar-refractivity contribution in [2.24, 2.45) is 10.1 Å². The highest BCUT2D eigenvalue weighted by Crippen LogP contribution is 2.28. The average Bonchev–Trinajstić information content (AvgIpc) is 3.65. The maximum atomic E-state index is 13.5. The number of carbonyl (C=O) groups excluding carboxylic acids is 1. The molecule has 0 atom stereocenters. The zero-order valence-corrected chi connectivity index (χ0v) is 20.7. The Balaban J connectivity index is 1.35. The van der Waals surface area contributed by atoms with E-state index in [0.29, 0.717) is 43.8 Å². The van der Waals surface area contributed by atoms with E-state index in [4.69, 9.17) is 24.3 Å². The van der Waals surface area contributed by atoms with E-state index in [0.717, 1.165) is 34.5 Å². The highest BCUT2D eigenvalue weighted by molar-refractivity contribution is 7.07. The SMILES string of the molecule is COc1cc(C=Nn2c(-c3ccc(F)cc3)csc2=NC2CC2)ccc1OCC(=O)N1CCOCC1. The van der Waals surface area contributed by atoms with Crippen molar-refractivity contribution in [2.75, 3.05) is 40.0 Å². The van der Waals surface area contributed by atoms with Crippen molar-refractivity contribution in [3.05, 3.63) is 64.0 Å². The number of hydrogen-bond donors (Lipinski definition) is 0. The van der Waals surface area contributed by atoms with Crippen molar-refractivity contribution in [3.63, 3.8) is 0 Å². The van der Waals surface area contributed by atoms with E-state index >= 15 is 0 Å². The van der Waals surface area contributed by atoms with Gasteiger partial charge in [-0.15, -0.1) is 11.3 Å². The first kappa shape index (κ1) is 24.2. The second kappa shape index (κ2) is 11.0. The van der Waals surface area contributed by atoms with Gasteiger partial charge in [0.2, 0.25) is 4.80 Å². The van der Waals surface area contributed by atoms with Gasteiger partial charge in [0.1, 0.15) is 5.82 Å². The van der Waals surface area contributed by atoms with Gasteiger partial charge >= 0.3 is 0 Å². The second-order valence-corrected chi connectivity index (χ2v) is 9.36. The van der Waals surface area contributed by atoms with Crippen molar-refractivity contribution >= 4 is 23.5 Å². The maximum absolute atomic E-state index is 13.5. The number of hydrogen-bond acceptors (Lipinski definition) is 7. The van der Waals surface area contributed by atoms with Gasteiger partial charge in [-0.1, -0.05) is 0 Å². The molecule has 0 N–H and O–H groups in total. The lowest BCUT2D eigenvalue weighted by atomic mass is 10.2. The summed E-state index contributed by atoms with van der Waals surface area (Å²) >= 11 is 1.51. The number of nitrogens with zero attached hydrogens (tertiary/aromatic N) is 4. The lowest BCUT2D eigenvalue weighted by molar-refractivity contribution is -0.137. The minimum atomic E-state index is -0.284. The molecule has 1 aromatic heterocycles. The topological polar surface area (TPSA) is 77.7 Å². The number of morpholine rings is 1. The van der Waals surface area contributed by atoms with E-state index in [-0.39, 0.29) is 18.3 Å². The zero-order chi connectivity index (χ0) is 24.9. The first-order chi connectivity index (χ1) is 17.6. The summed E-state index contributed by atoms with van der Waals surface area (Å²) in [4.78, 5) is 19.7. The summed E-state index contributed by atoms with van der Waals surface area (Å²) in [6.07, 6.45) is 3.89. The number of aromatic nitrogens is 1. The van der Waals surface area contributed by atoms with Crippen LogP contribution in [0.4, 0.5) is 4.39 Å². The van der Waals surface area contributed by atoms with Gasteiger partial charge in [-0.25, -0.2) is 9.07 Å². The lowest BCUT2D eigenvalue weighted by Crippen LogP contribution is -2.43. The molecule has 2 heterocycles. The van der Waals surface area contributed by atoms with Gasteiger partial charge in [0, 0.05) is 24.0 Å². The molecule has 0 bridgehead atoms. The number of carbonyl (C=O) groups is 1. The highest BCUT2D eigenvalue weighted by Gasteiger charge is 2.21. The second-order valence-electron chi connectivity index (χ2n) is 8.52. The summed E-state index contributed by atoms with van der Waals surface area (Å²) in [5.74, 6) is 0.620. The minimum Gasteiger partial charge on any atom is -0.493 e. The predicted molar refractivity (Wildman–Crippen MR) is 135 cm³/mol. The van der Waals surface area contributed by atoms with Crippen molar-refractivity contribution in [1.82, 2.24) is 9.58 Å². The third-order valence-electron chi connectivity index (χ3n) is 5.89. The fourth-order valence-corrected chi connectivity index (χ4v) is 4.64. The molecule has 0 radical (unpaired) electrons. The molecule has 1 aliphatic carbocycles. The molecule has 10 heteroatoms. The van der Waals surface area contributed by atoms with E-state index in [1.165, 1.54) is 23.5 Å². The van der Waals surface area contributed by atoms with Crippen molar-refractivity contribution < 1.29 is 23.4 Å². The number of benzene rings is 2. The number of ether oxygens (including phenoxy) is 3. The van der Waals surface area contributed by atoms with Crippen LogP contribution in [0.5, 0.6) is 11.5 Å². The number of halogens is 1. The normalized spacial score (nSPS) is 16.5. The first-order valence-corrected chi connectivity index (χ1v) is 12.7. The Morgan fingerprint density at radius 1 is 1.17 bits per heavy atom. The van der Waals surface area contributed by atoms with E-state index in [1.54, 1.807) is 47.2 Å². The Labute approximate surface area is 212 Å². The fourth-order valence-electron chi connectivity index (χ4n) is 3.73. The molecule has 0 spiro atoms. The van der Waals surface area contributed by atoms with Crippen LogP contribution < -0.4 is 14.3 Å². The Kier molecular flexibility index (Phi) is 7.43. The molecule has 2 fully saturated rings. The number of amides is 1. The molecule has 1 amide bonds. The third kappa shape index (κ3) is 5.83. The molecule has 5 rings (SSSR count). The van der Waals surface area contributed by atoms with Crippen LogP contribution in [0.3, 0.4) is 0 Å². The Morgan fingerprint density at radius 2 is 1.94 bits per heavy atom. The molecule has 2 aliphatic rings. The number of thiazole rings is 1. The van der Waals surface area contributed by atoms with Crippen LogP contribution in [0.15, 0.2) is 57.9 Å². The summed E-state index contributed by atoms with van der Waals surface area (Å²) in [6.45, 7) is 2.17. The highest BCUT2D eigenvalue weighted by atomic mass is 32.1. The summed E-state index contributed by atoms with van der Waals surface area (Å²) < 4.78 is 31.8. The van der Waals surface area contributed by atoms with Gasteiger partial charge in [0.25, 0.3) is 5.91 Å². The quantitative estimate of drug-likeness (QED) is 0.435. The van der Waals surface area contributed by atoms with E-state index < -0.39 is 0 Å². The molecule has 1 saturated heterocycles. The van der Waals surface area contributed by atoms with Crippen LogP contribution in [0.25, 0.3) is 11.3 Å². The molecule has 3 aromatic rings. The van der Waals surface area contributed by atoms with E-state index in [1.807, 2.05) is 11.4 Å². The van der Waals surface area contributed by atoms with Gasteiger partial charge in [-0.2, -0.15) is 5.10 Å². The van der Waals surface area contributed by atoms with Gasteiger partial charge < -0.3 is 19.1 Å². The van der Waals surface area contributed by atoms with Crippen LogP contribution in [-0.2, 0) is 9.53 Å². The molecule has 1 aliphatic heterocycles. The van der Waals surface area contributed by atoms with Crippen molar-refractivity contribution in [1.29, 1.82) is 0 Å². The molecular weight excluding hydrogens is 483 g/mol. The van der Waals surface area contributed by atoms with E-state index in [2.05, 4.69) is 0 Å². The van der Waals surface area contributed by atoms with E-state index in [9.17, 15) is 9.18 Å².